The van der Waals surface area contributed by atoms with E-state index >= 15 is 0 Å². The van der Waals surface area contributed by atoms with Crippen molar-refractivity contribution in [1.82, 2.24) is 16.0 Å². The predicted octanol–water partition coefficient (Wildman–Crippen LogP) is -2.34. The fourth-order valence-electron chi connectivity index (χ4n) is 2.48. The molecule has 0 saturated carbocycles. The van der Waals surface area contributed by atoms with E-state index in [1.54, 1.807) is 13.8 Å². The largest absolute Gasteiger partial charge is 0.481 e. The number of carbonyl (C=O) groups excluding carboxylic acids is 4. The third-order valence-corrected chi connectivity index (χ3v) is 4.06. The van der Waals surface area contributed by atoms with Gasteiger partial charge in [0.25, 0.3) is 0 Å². The van der Waals surface area contributed by atoms with Crippen LogP contribution in [0.25, 0.3) is 0 Å². The summed E-state index contributed by atoms with van der Waals surface area (Å²) in [4.78, 5) is 70.3. The molecule has 176 valence electrons. The van der Waals surface area contributed by atoms with E-state index in [4.69, 9.17) is 16.6 Å². The minimum Gasteiger partial charge on any atom is -0.481 e. The molecule has 0 aromatic carbocycles. The molecule has 0 aliphatic carbocycles. The van der Waals surface area contributed by atoms with Crippen molar-refractivity contribution < 1.29 is 39.0 Å². The van der Waals surface area contributed by atoms with Gasteiger partial charge in [-0.15, -0.1) is 0 Å². The molecule has 4 unspecified atom stereocenters. The Morgan fingerprint density at radius 2 is 1.29 bits per heavy atom. The molecule has 0 rings (SSSR count). The van der Waals surface area contributed by atoms with Gasteiger partial charge in [-0.3, -0.25) is 24.0 Å². The second kappa shape index (κ2) is 13.2. The van der Waals surface area contributed by atoms with Gasteiger partial charge in [-0.1, -0.05) is 13.8 Å². The summed E-state index contributed by atoms with van der Waals surface area (Å²) in [5.41, 5.74) is 10.4. The molecule has 0 aliphatic heterocycles. The topological polar surface area (TPSA) is 231 Å². The van der Waals surface area contributed by atoms with Crippen molar-refractivity contribution in [3.63, 3.8) is 0 Å². The Morgan fingerprint density at radius 1 is 0.806 bits per heavy atom. The van der Waals surface area contributed by atoms with E-state index in [2.05, 4.69) is 16.0 Å². The molecular formula is C18H31N5O8. The van der Waals surface area contributed by atoms with E-state index in [1.165, 1.54) is 6.92 Å². The Labute approximate surface area is 179 Å². The molecule has 0 bridgehead atoms. The van der Waals surface area contributed by atoms with Crippen molar-refractivity contribution in [1.29, 1.82) is 0 Å². The standard InChI is InChI=1S/C18H31N5O8/c1-8(2)6-11(16(28)21-10(18(30)31)4-5-13(20)24)23-17(29)12(7-14(25)26)22-15(27)9(3)19/h8-12H,4-7,19H2,1-3H3,(H2,20,24)(H,21,28)(H,22,27)(H,23,29)(H,25,26)(H,30,31). The Kier molecular flexibility index (Phi) is 11.8. The number of carboxylic acid groups (broad SMARTS) is 2. The first-order valence-corrected chi connectivity index (χ1v) is 9.64. The van der Waals surface area contributed by atoms with Crippen LogP contribution in [0.2, 0.25) is 0 Å². The van der Waals surface area contributed by atoms with E-state index < -0.39 is 66.2 Å². The maximum Gasteiger partial charge on any atom is 0.326 e. The number of hydrogen-bond donors (Lipinski definition) is 7. The zero-order valence-corrected chi connectivity index (χ0v) is 17.7. The van der Waals surface area contributed by atoms with Crippen molar-refractivity contribution in [2.45, 2.75) is 70.6 Å². The summed E-state index contributed by atoms with van der Waals surface area (Å²) in [5.74, 6) is -6.16. The van der Waals surface area contributed by atoms with Gasteiger partial charge in [-0.05, 0) is 25.7 Å². The van der Waals surface area contributed by atoms with Crippen LogP contribution in [0.5, 0.6) is 0 Å². The minimum absolute atomic E-state index is 0.0980. The van der Waals surface area contributed by atoms with Crippen LogP contribution in [-0.4, -0.2) is 69.9 Å². The van der Waals surface area contributed by atoms with E-state index in [0.29, 0.717) is 0 Å². The molecule has 13 nitrogen and oxygen atoms in total. The smallest absolute Gasteiger partial charge is 0.326 e. The normalized spacial score (nSPS) is 14.6. The molecule has 0 aromatic heterocycles. The van der Waals surface area contributed by atoms with Crippen molar-refractivity contribution in [2.75, 3.05) is 0 Å². The van der Waals surface area contributed by atoms with E-state index in [1.807, 2.05) is 0 Å². The van der Waals surface area contributed by atoms with Crippen molar-refractivity contribution in [3.05, 3.63) is 0 Å². The number of aliphatic carboxylic acids is 2. The lowest BCUT2D eigenvalue weighted by atomic mass is 10.0. The third-order valence-electron chi connectivity index (χ3n) is 4.06. The number of rotatable bonds is 14. The Hall–Kier alpha value is -3.22. The number of nitrogens with two attached hydrogens (primary N) is 2. The van der Waals surface area contributed by atoms with Crippen LogP contribution in [0.4, 0.5) is 0 Å². The second-order valence-corrected chi connectivity index (χ2v) is 7.54. The number of carbonyl (C=O) groups is 6. The summed E-state index contributed by atoms with van der Waals surface area (Å²) >= 11 is 0. The average Bonchev–Trinajstić information content (AvgIpc) is 2.62. The lowest BCUT2D eigenvalue weighted by molar-refractivity contribution is -0.143. The minimum atomic E-state index is -1.50. The average molecular weight is 445 g/mol. The summed E-state index contributed by atoms with van der Waals surface area (Å²) in [5, 5.41) is 25.0. The number of primary amides is 1. The molecule has 0 aliphatic rings. The quantitative estimate of drug-likeness (QED) is 0.151. The molecule has 0 aromatic rings. The van der Waals surface area contributed by atoms with Gasteiger partial charge in [0.15, 0.2) is 0 Å². The van der Waals surface area contributed by atoms with Crippen LogP contribution in [-0.2, 0) is 28.8 Å². The summed E-state index contributed by atoms with van der Waals surface area (Å²) in [6, 6.07) is -5.13. The monoisotopic (exact) mass is 445 g/mol. The Bertz CT molecular complexity index is 694. The highest BCUT2D eigenvalue weighted by Gasteiger charge is 2.31. The maximum atomic E-state index is 12.6. The van der Waals surface area contributed by atoms with Gasteiger partial charge in [0.1, 0.15) is 18.1 Å². The summed E-state index contributed by atoms with van der Waals surface area (Å²) < 4.78 is 0. The number of hydrogen-bond acceptors (Lipinski definition) is 7. The van der Waals surface area contributed by atoms with Gasteiger partial charge < -0.3 is 37.6 Å². The highest BCUT2D eigenvalue weighted by Crippen LogP contribution is 2.08. The van der Waals surface area contributed by atoms with Gasteiger partial charge in [-0.25, -0.2) is 4.79 Å². The lowest BCUT2D eigenvalue weighted by Crippen LogP contribution is -2.57. The first-order valence-electron chi connectivity index (χ1n) is 9.64. The Morgan fingerprint density at radius 3 is 1.71 bits per heavy atom. The fraction of sp³-hybridized carbons (Fsp3) is 0.667. The van der Waals surface area contributed by atoms with Crippen molar-refractivity contribution in [3.8, 4) is 0 Å². The van der Waals surface area contributed by atoms with Crippen LogP contribution in [0.15, 0.2) is 0 Å². The summed E-state index contributed by atoms with van der Waals surface area (Å²) in [6.45, 7) is 4.85. The molecule has 0 spiro atoms. The number of amides is 4. The zero-order chi connectivity index (χ0) is 24.3. The van der Waals surface area contributed by atoms with E-state index in [0.717, 1.165) is 0 Å². The lowest BCUT2D eigenvalue weighted by Gasteiger charge is -2.25. The van der Waals surface area contributed by atoms with Crippen molar-refractivity contribution in [2.24, 2.45) is 17.4 Å². The van der Waals surface area contributed by atoms with Crippen LogP contribution in [0.1, 0.15) is 46.5 Å². The first kappa shape index (κ1) is 27.8. The van der Waals surface area contributed by atoms with Gasteiger partial charge >= 0.3 is 11.9 Å². The molecule has 4 atom stereocenters. The Balaban J connectivity index is 5.45. The first-order chi connectivity index (χ1) is 14.2. The molecular weight excluding hydrogens is 414 g/mol. The molecule has 9 N–H and O–H groups in total. The molecule has 0 saturated heterocycles. The van der Waals surface area contributed by atoms with Gasteiger partial charge in [0.2, 0.25) is 23.6 Å². The van der Waals surface area contributed by atoms with Gasteiger partial charge in [-0.2, -0.15) is 0 Å². The number of carboxylic acids is 2. The highest BCUT2D eigenvalue weighted by molar-refractivity contribution is 5.95. The number of nitrogens with one attached hydrogen (secondary N) is 3. The zero-order valence-electron chi connectivity index (χ0n) is 17.7. The second-order valence-electron chi connectivity index (χ2n) is 7.54. The SMILES string of the molecule is CC(C)CC(NC(=O)C(CC(=O)O)NC(=O)C(C)N)C(=O)NC(CCC(N)=O)C(=O)O. The van der Waals surface area contributed by atoms with Gasteiger partial charge in [0, 0.05) is 6.42 Å². The highest BCUT2D eigenvalue weighted by atomic mass is 16.4. The van der Waals surface area contributed by atoms with Crippen LogP contribution >= 0.6 is 0 Å². The van der Waals surface area contributed by atoms with Crippen LogP contribution in [0, 0.1) is 5.92 Å². The molecule has 31 heavy (non-hydrogen) atoms. The molecule has 0 heterocycles. The molecule has 0 radical (unpaired) electrons. The fourth-order valence-corrected chi connectivity index (χ4v) is 2.48. The van der Waals surface area contributed by atoms with Crippen molar-refractivity contribution >= 4 is 35.6 Å². The van der Waals surface area contributed by atoms with E-state index in [-0.39, 0.29) is 25.2 Å². The predicted molar refractivity (Wildman–Crippen MR) is 107 cm³/mol. The molecule has 4 amide bonds. The van der Waals surface area contributed by atoms with Gasteiger partial charge in [0.05, 0.1) is 12.5 Å². The summed E-state index contributed by atoms with van der Waals surface area (Å²) in [6.07, 6.45) is -1.18. The van der Waals surface area contributed by atoms with Crippen LogP contribution < -0.4 is 27.4 Å². The maximum absolute atomic E-state index is 12.6. The molecule has 13 heteroatoms. The van der Waals surface area contributed by atoms with Crippen LogP contribution in [0.3, 0.4) is 0 Å². The van der Waals surface area contributed by atoms with E-state index in [9.17, 15) is 33.9 Å². The molecule has 0 fully saturated rings. The third kappa shape index (κ3) is 11.5. The summed E-state index contributed by atoms with van der Waals surface area (Å²) in [7, 11) is 0.